The molecule has 1 aromatic carbocycles. The summed E-state index contributed by atoms with van der Waals surface area (Å²) in [6.07, 6.45) is 2.47. The van der Waals surface area contributed by atoms with Crippen LogP contribution in [-0.4, -0.2) is 48.3 Å². The van der Waals surface area contributed by atoms with Crippen molar-refractivity contribution >= 4 is 5.91 Å². The predicted octanol–water partition coefficient (Wildman–Crippen LogP) is 2.75. The molecule has 5 nitrogen and oxygen atoms in total. The molecule has 1 aliphatic rings. The summed E-state index contributed by atoms with van der Waals surface area (Å²) >= 11 is 0. The van der Waals surface area contributed by atoms with Crippen molar-refractivity contribution in [2.24, 2.45) is 5.92 Å². The lowest BCUT2D eigenvalue weighted by Gasteiger charge is -2.33. The second kappa shape index (κ2) is 9.78. The molecule has 140 valence electrons. The second-order valence-corrected chi connectivity index (χ2v) is 6.85. The smallest absolute Gasteiger partial charge is 0.234 e. The van der Waals surface area contributed by atoms with Crippen molar-refractivity contribution in [1.82, 2.24) is 10.2 Å². The fourth-order valence-electron chi connectivity index (χ4n) is 3.49. The fourth-order valence-corrected chi connectivity index (χ4v) is 3.49. The number of ether oxygens (including phenoxy) is 1. The monoisotopic (exact) mass is 348 g/mol. The third-order valence-electron chi connectivity index (χ3n) is 5.02. The standard InChI is InChI=1S/C20H32N2O3/c1-4-18(17-8-6-7-9-19(17)25-5-2)21-20(24)14-22-12-10-16(11-13-22)15(3)23/h6-9,15-16,18,23H,4-5,10-14H2,1-3H3,(H,21,24). The highest BCUT2D eigenvalue weighted by molar-refractivity contribution is 5.78. The predicted molar refractivity (Wildman–Crippen MR) is 99.6 cm³/mol. The Kier molecular flexibility index (Phi) is 7.72. The van der Waals surface area contributed by atoms with Gasteiger partial charge in [-0.1, -0.05) is 25.1 Å². The van der Waals surface area contributed by atoms with Gasteiger partial charge in [-0.25, -0.2) is 0 Å². The molecule has 25 heavy (non-hydrogen) atoms. The van der Waals surface area contributed by atoms with Crippen molar-refractivity contribution in [1.29, 1.82) is 0 Å². The van der Waals surface area contributed by atoms with Gasteiger partial charge in [-0.15, -0.1) is 0 Å². The molecule has 0 radical (unpaired) electrons. The highest BCUT2D eigenvalue weighted by Crippen LogP contribution is 2.27. The molecule has 1 aliphatic heterocycles. The van der Waals surface area contributed by atoms with Crippen LogP contribution in [0.2, 0.25) is 0 Å². The van der Waals surface area contributed by atoms with Crippen LogP contribution in [0.15, 0.2) is 24.3 Å². The van der Waals surface area contributed by atoms with Crippen molar-refractivity contribution in [2.45, 2.75) is 52.2 Å². The lowest BCUT2D eigenvalue weighted by atomic mass is 9.92. The van der Waals surface area contributed by atoms with Crippen LogP contribution in [0.3, 0.4) is 0 Å². The van der Waals surface area contributed by atoms with Crippen molar-refractivity contribution in [3.63, 3.8) is 0 Å². The number of hydrogen-bond donors (Lipinski definition) is 2. The second-order valence-electron chi connectivity index (χ2n) is 6.85. The number of rotatable bonds is 8. The van der Waals surface area contributed by atoms with Gasteiger partial charge in [0.05, 0.1) is 25.3 Å². The first kappa shape index (κ1) is 19.7. The Hall–Kier alpha value is -1.59. The first-order chi connectivity index (χ1) is 12.0. The molecule has 0 aliphatic carbocycles. The zero-order chi connectivity index (χ0) is 18.2. The Morgan fingerprint density at radius 2 is 2.00 bits per heavy atom. The van der Waals surface area contributed by atoms with Gasteiger partial charge in [-0.2, -0.15) is 0 Å². The molecule has 1 heterocycles. The van der Waals surface area contributed by atoms with E-state index in [1.165, 1.54) is 0 Å². The van der Waals surface area contributed by atoms with Crippen LogP contribution in [-0.2, 0) is 4.79 Å². The zero-order valence-corrected chi connectivity index (χ0v) is 15.7. The number of amides is 1. The zero-order valence-electron chi connectivity index (χ0n) is 15.7. The van der Waals surface area contributed by atoms with Crippen molar-refractivity contribution in [2.75, 3.05) is 26.2 Å². The van der Waals surface area contributed by atoms with Crippen molar-refractivity contribution < 1.29 is 14.6 Å². The minimum atomic E-state index is -0.254. The Morgan fingerprint density at radius 1 is 1.32 bits per heavy atom. The van der Waals surface area contributed by atoms with Gasteiger partial charge in [0.15, 0.2) is 0 Å². The molecule has 2 unspecified atom stereocenters. The fraction of sp³-hybridized carbons (Fsp3) is 0.650. The van der Waals surface area contributed by atoms with E-state index >= 15 is 0 Å². The maximum absolute atomic E-state index is 12.5. The number of hydrogen-bond acceptors (Lipinski definition) is 4. The van der Waals surface area contributed by atoms with E-state index in [1.807, 2.05) is 38.1 Å². The van der Waals surface area contributed by atoms with E-state index in [0.717, 1.165) is 43.7 Å². The number of likely N-dealkylation sites (tertiary alicyclic amines) is 1. The van der Waals surface area contributed by atoms with E-state index < -0.39 is 0 Å². The Balaban J connectivity index is 1.90. The van der Waals surface area contributed by atoms with Gasteiger partial charge >= 0.3 is 0 Å². The molecule has 0 aromatic heterocycles. The van der Waals surface area contributed by atoms with E-state index in [2.05, 4.69) is 17.1 Å². The third-order valence-corrected chi connectivity index (χ3v) is 5.02. The van der Waals surface area contributed by atoms with Crippen molar-refractivity contribution in [3.8, 4) is 5.75 Å². The summed E-state index contributed by atoms with van der Waals surface area (Å²) in [5.74, 6) is 1.25. The molecule has 5 heteroatoms. The first-order valence-electron chi connectivity index (χ1n) is 9.46. The van der Waals surface area contributed by atoms with Gasteiger partial charge in [0.2, 0.25) is 5.91 Å². The number of aliphatic hydroxyl groups excluding tert-OH is 1. The minimum absolute atomic E-state index is 0.0368. The number of carbonyl (C=O) groups is 1. The van der Waals surface area contributed by atoms with Gasteiger partial charge in [-0.3, -0.25) is 9.69 Å². The molecule has 1 aromatic rings. The Bertz CT molecular complexity index is 539. The quantitative estimate of drug-likeness (QED) is 0.758. The number of para-hydroxylation sites is 1. The van der Waals surface area contributed by atoms with E-state index in [0.29, 0.717) is 19.1 Å². The summed E-state index contributed by atoms with van der Waals surface area (Å²) in [6.45, 7) is 8.66. The van der Waals surface area contributed by atoms with Gasteiger partial charge in [0, 0.05) is 5.56 Å². The molecular formula is C20H32N2O3. The van der Waals surface area contributed by atoms with Crippen LogP contribution in [0, 0.1) is 5.92 Å². The van der Waals surface area contributed by atoms with E-state index in [4.69, 9.17) is 4.74 Å². The summed E-state index contributed by atoms with van der Waals surface area (Å²) in [4.78, 5) is 14.7. The molecule has 0 saturated carbocycles. The summed E-state index contributed by atoms with van der Waals surface area (Å²) in [6, 6.07) is 7.87. The van der Waals surface area contributed by atoms with Crippen LogP contribution >= 0.6 is 0 Å². The van der Waals surface area contributed by atoms with Gasteiger partial charge < -0.3 is 15.2 Å². The summed E-state index contributed by atoms with van der Waals surface area (Å²) in [5.41, 5.74) is 1.04. The van der Waals surface area contributed by atoms with Gasteiger partial charge in [0.25, 0.3) is 0 Å². The minimum Gasteiger partial charge on any atom is -0.494 e. The van der Waals surface area contributed by atoms with Crippen LogP contribution < -0.4 is 10.1 Å². The number of nitrogens with one attached hydrogen (secondary N) is 1. The van der Waals surface area contributed by atoms with E-state index in [-0.39, 0.29) is 18.1 Å². The molecule has 0 spiro atoms. The first-order valence-corrected chi connectivity index (χ1v) is 9.46. The van der Waals surface area contributed by atoms with Gasteiger partial charge in [0.1, 0.15) is 5.75 Å². The molecule has 0 bridgehead atoms. The van der Waals surface area contributed by atoms with Gasteiger partial charge in [-0.05, 0) is 58.2 Å². The third kappa shape index (κ3) is 5.72. The normalized spacial score (nSPS) is 18.6. The topological polar surface area (TPSA) is 61.8 Å². The number of piperidine rings is 1. The highest BCUT2D eigenvalue weighted by Gasteiger charge is 2.24. The number of carbonyl (C=O) groups excluding carboxylic acids is 1. The Labute approximate surface area is 151 Å². The maximum Gasteiger partial charge on any atom is 0.234 e. The lowest BCUT2D eigenvalue weighted by molar-refractivity contribution is -0.123. The average Bonchev–Trinajstić information content (AvgIpc) is 2.61. The summed E-state index contributed by atoms with van der Waals surface area (Å²) < 4.78 is 5.70. The largest absolute Gasteiger partial charge is 0.494 e. The molecule has 1 fully saturated rings. The summed E-state index contributed by atoms with van der Waals surface area (Å²) in [5, 5.41) is 12.8. The maximum atomic E-state index is 12.5. The number of benzene rings is 1. The summed E-state index contributed by atoms with van der Waals surface area (Å²) in [7, 11) is 0. The SMILES string of the molecule is CCOc1ccccc1C(CC)NC(=O)CN1CCC(C(C)O)CC1. The number of nitrogens with zero attached hydrogens (tertiary/aromatic N) is 1. The average molecular weight is 348 g/mol. The number of aliphatic hydroxyl groups is 1. The van der Waals surface area contributed by atoms with Crippen LogP contribution in [0.1, 0.15) is 51.6 Å². The van der Waals surface area contributed by atoms with Crippen LogP contribution in [0.25, 0.3) is 0 Å². The molecule has 2 N–H and O–H groups in total. The molecule has 2 rings (SSSR count). The van der Waals surface area contributed by atoms with Crippen molar-refractivity contribution in [3.05, 3.63) is 29.8 Å². The molecule has 2 atom stereocenters. The lowest BCUT2D eigenvalue weighted by Crippen LogP contribution is -2.43. The Morgan fingerprint density at radius 3 is 2.60 bits per heavy atom. The molecule has 1 saturated heterocycles. The van der Waals surface area contributed by atoms with Crippen LogP contribution in [0.4, 0.5) is 0 Å². The molecular weight excluding hydrogens is 316 g/mol. The molecule has 1 amide bonds. The van der Waals surface area contributed by atoms with E-state index in [9.17, 15) is 9.90 Å². The highest BCUT2D eigenvalue weighted by atomic mass is 16.5. The van der Waals surface area contributed by atoms with E-state index in [1.54, 1.807) is 0 Å². The van der Waals surface area contributed by atoms with Crippen LogP contribution in [0.5, 0.6) is 5.75 Å².